The third-order valence-electron chi connectivity index (χ3n) is 2.85. The first-order valence-corrected chi connectivity index (χ1v) is 7.20. The number of pyridine rings is 1. The zero-order valence-electron chi connectivity index (χ0n) is 11.5. The molecule has 3 aromatic heterocycles. The van der Waals surface area contributed by atoms with Gasteiger partial charge in [-0.05, 0) is 19.1 Å². The van der Waals surface area contributed by atoms with Crippen LogP contribution < -0.4 is 10.9 Å². The van der Waals surface area contributed by atoms with E-state index in [2.05, 4.69) is 25.5 Å². The van der Waals surface area contributed by atoms with Crippen LogP contribution in [0.5, 0.6) is 0 Å². The van der Waals surface area contributed by atoms with E-state index in [1.165, 1.54) is 23.5 Å². The Morgan fingerprint density at radius 1 is 1.32 bits per heavy atom. The Kier molecular flexibility index (Phi) is 3.75. The van der Waals surface area contributed by atoms with Crippen molar-refractivity contribution in [2.24, 2.45) is 0 Å². The summed E-state index contributed by atoms with van der Waals surface area (Å²) in [7, 11) is 0. The van der Waals surface area contributed by atoms with Crippen molar-refractivity contribution in [2.45, 2.75) is 6.92 Å². The van der Waals surface area contributed by atoms with Crippen molar-refractivity contribution < 1.29 is 4.79 Å². The summed E-state index contributed by atoms with van der Waals surface area (Å²) < 4.78 is 0. The lowest BCUT2D eigenvalue weighted by atomic mass is 10.2. The van der Waals surface area contributed by atoms with E-state index in [-0.39, 0.29) is 11.3 Å². The van der Waals surface area contributed by atoms with Crippen LogP contribution in [-0.4, -0.2) is 26.1 Å². The lowest BCUT2D eigenvalue weighted by Gasteiger charge is -1.99. The van der Waals surface area contributed by atoms with Gasteiger partial charge in [0.2, 0.25) is 0 Å². The predicted molar refractivity (Wildman–Crippen MR) is 82.9 cm³/mol. The van der Waals surface area contributed by atoms with Crippen LogP contribution >= 0.6 is 11.3 Å². The van der Waals surface area contributed by atoms with Crippen LogP contribution in [-0.2, 0) is 0 Å². The standard InChI is InChI=1S/C14H11N5O2S/c1-8-12(9-3-2-6-15-7-9)22-14(16-8)17-13(21)10-4-5-11(20)19-18-10/h2-7H,1H3,(H,19,20)(H,16,17,21). The molecule has 0 radical (unpaired) electrons. The van der Waals surface area contributed by atoms with Crippen LogP contribution in [0.1, 0.15) is 16.2 Å². The predicted octanol–water partition coefficient (Wildman–Crippen LogP) is 1.85. The van der Waals surface area contributed by atoms with Gasteiger partial charge < -0.3 is 0 Å². The van der Waals surface area contributed by atoms with Crippen molar-refractivity contribution in [3.8, 4) is 10.4 Å². The number of rotatable bonds is 3. The smallest absolute Gasteiger partial charge is 0.277 e. The fourth-order valence-electron chi connectivity index (χ4n) is 1.85. The number of amides is 1. The summed E-state index contributed by atoms with van der Waals surface area (Å²) in [6, 6.07) is 6.38. The van der Waals surface area contributed by atoms with Gasteiger partial charge in [-0.3, -0.25) is 19.9 Å². The minimum atomic E-state index is -0.428. The second-order valence-electron chi connectivity index (χ2n) is 4.44. The molecule has 0 aromatic carbocycles. The molecule has 0 bridgehead atoms. The SMILES string of the molecule is Cc1nc(NC(=O)c2ccc(=O)[nH]n2)sc1-c1cccnc1. The highest BCUT2D eigenvalue weighted by atomic mass is 32.1. The Bertz CT molecular complexity index is 852. The summed E-state index contributed by atoms with van der Waals surface area (Å²) in [5.41, 5.74) is 1.51. The molecule has 0 atom stereocenters. The number of aromatic nitrogens is 4. The highest BCUT2D eigenvalue weighted by molar-refractivity contribution is 7.19. The summed E-state index contributed by atoms with van der Waals surface area (Å²) in [5.74, 6) is -0.428. The maximum absolute atomic E-state index is 12.0. The number of anilines is 1. The average molecular weight is 313 g/mol. The second kappa shape index (κ2) is 5.86. The van der Waals surface area contributed by atoms with Gasteiger partial charge in [-0.25, -0.2) is 10.1 Å². The molecule has 0 aliphatic carbocycles. The molecule has 3 heterocycles. The lowest BCUT2D eigenvalue weighted by molar-refractivity contribution is 0.102. The van der Waals surface area contributed by atoms with Gasteiger partial charge in [0.05, 0.1) is 10.6 Å². The fraction of sp³-hybridized carbons (Fsp3) is 0.0714. The maximum atomic E-state index is 12.0. The highest BCUT2D eigenvalue weighted by Gasteiger charge is 2.14. The minimum Gasteiger partial charge on any atom is -0.296 e. The molecular weight excluding hydrogens is 302 g/mol. The van der Waals surface area contributed by atoms with Crippen molar-refractivity contribution >= 4 is 22.4 Å². The molecule has 0 fully saturated rings. The molecule has 110 valence electrons. The molecule has 0 saturated heterocycles. The van der Waals surface area contributed by atoms with Gasteiger partial charge in [0.25, 0.3) is 11.5 Å². The van der Waals surface area contributed by atoms with E-state index in [4.69, 9.17) is 0 Å². The number of hydrogen-bond acceptors (Lipinski definition) is 6. The first-order chi connectivity index (χ1) is 10.6. The average Bonchev–Trinajstić information content (AvgIpc) is 2.89. The molecule has 0 saturated carbocycles. The summed E-state index contributed by atoms with van der Waals surface area (Å²) in [5, 5.41) is 9.04. The zero-order valence-corrected chi connectivity index (χ0v) is 12.3. The van der Waals surface area contributed by atoms with Crippen LogP contribution in [0, 0.1) is 6.92 Å². The number of aromatic amines is 1. The van der Waals surface area contributed by atoms with E-state index in [9.17, 15) is 9.59 Å². The second-order valence-corrected chi connectivity index (χ2v) is 5.43. The van der Waals surface area contributed by atoms with E-state index in [1.54, 1.807) is 12.4 Å². The topological polar surface area (TPSA) is 101 Å². The van der Waals surface area contributed by atoms with Crippen molar-refractivity contribution in [3.63, 3.8) is 0 Å². The van der Waals surface area contributed by atoms with E-state index in [1.807, 2.05) is 19.1 Å². The number of hydrogen-bond donors (Lipinski definition) is 2. The number of carbonyl (C=O) groups excluding carboxylic acids is 1. The molecule has 0 unspecified atom stereocenters. The molecule has 3 rings (SSSR count). The molecule has 2 N–H and O–H groups in total. The first-order valence-electron chi connectivity index (χ1n) is 6.38. The highest BCUT2D eigenvalue weighted by Crippen LogP contribution is 2.32. The fourth-order valence-corrected chi connectivity index (χ4v) is 2.80. The van der Waals surface area contributed by atoms with Gasteiger partial charge >= 0.3 is 0 Å². The number of thiazole rings is 1. The van der Waals surface area contributed by atoms with Gasteiger partial charge in [-0.2, -0.15) is 5.10 Å². The van der Waals surface area contributed by atoms with Gasteiger partial charge in [-0.1, -0.05) is 17.4 Å². The van der Waals surface area contributed by atoms with Crippen LogP contribution in [0.4, 0.5) is 5.13 Å². The minimum absolute atomic E-state index is 0.121. The summed E-state index contributed by atoms with van der Waals surface area (Å²) in [6.07, 6.45) is 3.44. The largest absolute Gasteiger partial charge is 0.296 e. The maximum Gasteiger partial charge on any atom is 0.277 e. The Morgan fingerprint density at radius 3 is 2.86 bits per heavy atom. The Labute approximate surface area is 129 Å². The third kappa shape index (κ3) is 2.91. The molecule has 8 heteroatoms. The summed E-state index contributed by atoms with van der Waals surface area (Å²) in [4.78, 5) is 32.3. The van der Waals surface area contributed by atoms with Crippen LogP contribution in [0.25, 0.3) is 10.4 Å². The van der Waals surface area contributed by atoms with E-state index in [0.29, 0.717) is 5.13 Å². The van der Waals surface area contributed by atoms with E-state index >= 15 is 0 Å². The molecule has 1 amide bonds. The third-order valence-corrected chi connectivity index (χ3v) is 3.97. The van der Waals surface area contributed by atoms with E-state index < -0.39 is 5.91 Å². The molecular formula is C14H11N5O2S. The normalized spacial score (nSPS) is 10.4. The Morgan fingerprint density at radius 2 is 2.18 bits per heavy atom. The van der Waals surface area contributed by atoms with Crippen LogP contribution in [0.15, 0.2) is 41.5 Å². The monoisotopic (exact) mass is 313 g/mol. The van der Waals surface area contributed by atoms with Crippen molar-refractivity contribution in [3.05, 3.63) is 58.4 Å². The van der Waals surface area contributed by atoms with E-state index in [0.717, 1.165) is 16.1 Å². The molecule has 0 aliphatic heterocycles. The number of carbonyl (C=O) groups is 1. The molecule has 22 heavy (non-hydrogen) atoms. The van der Waals surface area contributed by atoms with Gasteiger partial charge in [-0.15, -0.1) is 0 Å². The van der Waals surface area contributed by atoms with Crippen molar-refractivity contribution in [1.82, 2.24) is 20.2 Å². The van der Waals surface area contributed by atoms with Crippen LogP contribution in [0.2, 0.25) is 0 Å². The molecule has 7 nitrogen and oxygen atoms in total. The number of H-pyrrole nitrogens is 1. The number of nitrogens with one attached hydrogen (secondary N) is 2. The first kappa shape index (κ1) is 14.1. The molecule has 0 aliphatic rings. The van der Waals surface area contributed by atoms with Gasteiger partial charge in [0.15, 0.2) is 5.13 Å². The molecule has 3 aromatic rings. The Hall–Kier alpha value is -2.87. The quantitative estimate of drug-likeness (QED) is 0.768. The van der Waals surface area contributed by atoms with Gasteiger partial charge in [0.1, 0.15) is 5.69 Å². The van der Waals surface area contributed by atoms with Crippen LogP contribution in [0.3, 0.4) is 0 Å². The summed E-state index contributed by atoms with van der Waals surface area (Å²) in [6.45, 7) is 1.87. The van der Waals surface area contributed by atoms with Gasteiger partial charge in [0, 0.05) is 24.0 Å². The number of aryl methyl sites for hydroxylation is 1. The Balaban J connectivity index is 1.83. The zero-order chi connectivity index (χ0) is 15.5. The number of nitrogens with zero attached hydrogens (tertiary/aromatic N) is 3. The lowest BCUT2D eigenvalue weighted by Crippen LogP contribution is -2.17. The van der Waals surface area contributed by atoms with Crippen molar-refractivity contribution in [1.29, 1.82) is 0 Å². The van der Waals surface area contributed by atoms with Crippen molar-refractivity contribution in [2.75, 3.05) is 5.32 Å². The molecule has 0 spiro atoms. The summed E-state index contributed by atoms with van der Waals surface area (Å²) >= 11 is 1.36.